The fraction of sp³-hybridized carbons (Fsp3) is 0.100. The second-order valence-corrected chi connectivity index (χ2v) is 6.89. The van der Waals surface area contributed by atoms with Crippen LogP contribution in [-0.4, -0.2) is 15.8 Å². The number of hydrogen-bond acceptors (Lipinski definition) is 5. The lowest BCUT2D eigenvalue weighted by Crippen LogP contribution is -2.07. The highest BCUT2D eigenvalue weighted by atomic mass is 32.1. The number of rotatable bonds is 5. The van der Waals surface area contributed by atoms with E-state index in [9.17, 15) is 14.9 Å². The van der Waals surface area contributed by atoms with Crippen molar-refractivity contribution in [1.29, 1.82) is 0 Å². The van der Waals surface area contributed by atoms with Crippen molar-refractivity contribution in [2.24, 2.45) is 0 Å². The van der Waals surface area contributed by atoms with Gasteiger partial charge in [0.25, 0.3) is 5.69 Å². The summed E-state index contributed by atoms with van der Waals surface area (Å²) in [5.41, 5.74) is 4.72. The minimum atomic E-state index is -0.471. The first-order valence-corrected chi connectivity index (χ1v) is 9.07. The van der Waals surface area contributed by atoms with Gasteiger partial charge in [-0.05, 0) is 31.1 Å². The molecule has 0 aliphatic rings. The van der Waals surface area contributed by atoms with Crippen molar-refractivity contribution < 1.29 is 9.72 Å². The van der Waals surface area contributed by atoms with Crippen molar-refractivity contribution in [1.82, 2.24) is 4.98 Å². The first-order chi connectivity index (χ1) is 12.9. The molecule has 27 heavy (non-hydrogen) atoms. The van der Waals surface area contributed by atoms with E-state index in [1.165, 1.54) is 41.2 Å². The van der Waals surface area contributed by atoms with Crippen LogP contribution in [0.4, 0.5) is 10.8 Å². The zero-order chi connectivity index (χ0) is 19.4. The van der Waals surface area contributed by atoms with E-state index in [0.29, 0.717) is 10.7 Å². The van der Waals surface area contributed by atoms with Crippen molar-refractivity contribution in [3.8, 4) is 11.3 Å². The van der Waals surface area contributed by atoms with Crippen LogP contribution in [0.15, 0.2) is 53.9 Å². The predicted molar refractivity (Wildman–Crippen MR) is 108 cm³/mol. The first-order valence-electron chi connectivity index (χ1n) is 8.19. The molecule has 2 aromatic carbocycles. The lowest BCUT2D eigenvalue weighted by atomic mass is 10.0. The molecule has 0 spiro atoms. The van der Waals surface area contributed by atoms with Crippen LogP contribution in [-0.2, 0) is 4.79 Å². The summed E-state index contributed by atoms with van der Waals surface area (Å²) in [6.07, 6.45) is 2.86. The first kappa shape index (κ1) is 18.5. The summed E-state index contributed by atoms with van der Waals surface area (Å²) < 4.78 is 0. The SMILES string of the molecule is Cc1ccc(-c2csc(NC(=O)/C=C/c3cccc([N+](=O)[O-])c3)n2)c(C)c1. The molecule has 0 aliphatic heterocycles. The number of benzene rings is 2. The zero-order valence-corrected chi connectivity index (χ0v) is 15.6. The second kappa shape index (κ2) is 7.92. The molecular weight excluding hydrogens is 362 g/mol. The normalized spacial score (nSPS) is 10.9. The van der Waals surface area contributed by atoms with Gasteiger partial charge >= 0.3 is 0 Å². The van der Waals surface area contributed by atoms with Crippen LogP contribution < -0.4 is 5.32 Å². The van der Waals surface area contributed by atoms with Gasteiger partial charge in [-0.25, -0.2) is 4.98 Å². The Hall–Kier alpha value is -3.32. The molecule has 1 N–H and O–H groups in total. The number of amides is 1. The maximum atomic E-state index is 12.1. The lowest BCUT2D eigenvalue weighted by molar-refractivity contribution is -0.384. The van der Waals surface area contributed by atoms with Gasteiger partial charge in [0.2, 0.25) is 5.91 Å². The number of hydrogen-bond donors (Lipinski definition) is 1. The molecule has 7 heteroatoms. The number of nitrogens with one attached hydrogen (secondary N) is 1. The van der Waals surface area contributed by atoms with Crippen LogP contribution in [0.5, 0.6) is 0 Å². The number of carbonyl (C=O) groups is 1. The third-order valence-electron chi connectivity index (χ3n) is 3.90. The smallest absolute Gasteiger partial charge is 0.270 e. The minimum absolute atomic E-state index is 0.0180. The maximum absolute atomic E-state index is 12.1. The molecule has 3 rings (SSSR count). The highest BCUT2D eigenvalue weighted by Gasteiger charge is 2.09. The fourth-order valence-corrected chi connectivity index (χ4v) is 3.33. The highest BCUT2D eigenvalue weighted by molar-refractivity contribution is 7.14. The van der Waals surface area contributed by atoms with Crippen LogP contribution in [0, 0.1) is 24.0 Å². The van der Waals surface area contributed by atoms with Crippen molar-refractivity contribution in [2.45, 2.75) is 13.8 Å². The largest absolute Gasteiger partial charge is 0.298 e. The van der Waals surface area contributed by atoms with E-state index in [-0.39, 0.29) is 11.6 Å². The minimum Gasteiger partial charge on any atom is -0.298 e. The highest BCUT2D eigenvalue weighted by Crippen LogP contribution is 2.28. The van der Waals surface area contributed by atoms with Gasteiger partial charge in [0.1, 0.15) is 0 Å². The van der Waals surface area contributed by atoms with Crippen LogP contribution >= 0.6 is 11.3 Å². The number of thiazole rings is 1. The summed E-state index contributed by atoms with van der Waals surface area (Å²) in [6, 6.07) is 12.2. The Morgan fingerprint density at radius 3 is 2.78 bits per heavy atom. The number of aryl methyl sites for hydroxylation is 2. The van der Waals surface area contributed by atoms with Crippen LogP contribution in [0.25, 0.3) is 17.3 Å². The van der Waals surface area contributed by atoms with Gasteiger partial charge < -0.3 is 0 Å². The molecule has 6 nitrogen and oxygen atoms in total. The molecule has 1 aromatic heterocycles. The molecule has 136 valence electrons. The number of anilines is 1. The summed E-state index contributed by atoms with van der Waals surface area (Å²) in [5, 5.41) is 15.9. The van der Waals surface area contributed by atoms with Gasteiger partial charge in [0, 0.05) is 29.2 Å². The Morgan fingerprint density at radius 1 is 1.22 bits per heavy atom. The van der Waals surface area contributed by atoms with E-state index < -0.39 is 4.92 Å². The Bertz CT molecular complexity index is 1040. The summed E-state index contributed by atoms with van der Waals surface area (Å²) in [5.74, 6) is -0.344. The Balaban J connectivity index is 1.69. The fourth-order valence-electron chi connectivity index (χ4n) is 2.62. The molecule has 0 aliphatic carbocycles. The van der Waals surface area contributed by atoms with Gasteiger partial charge in [-0.15, -0.1) is 11.3 Å². The number of nitrogens with zero attached hydrogens (tertiary/aromatic N) is 2. The number of non-ortho nitro benzene ring substituents is 1. The molecule has 0 radical (unpaired) electrons. The van der Waals surface area contributed by atoms with Gasteiger partial charge in [-0.1, -0.05) is 35.9 Å². The Labute approximate surface area is 160 Å². The third kappa shape index (κ3) is 4.65. The number of nitro groups is 1. The van der Waals surface area contributed by atoms with Crippen molar-refractivity contribution >= 4 is 34.1 Å². The quantitative estimate of drug-likeness (QED) is 0.384. The van der Waals surface area contributed by atoms with E-state index in [1.54, 1.807) is 12.1 Å². The van der Waals surface area contributed by atoms with Crippen molar-refractivity contribution in [3.05, 3.63) is 80.7 Å². The second-order valence-electron chi connectivity index (χ2n) is 6.03. The van der Waals surface area contributed by atoms with Gasteiger partial charge in [0.15, 0.2) is 5.13 Å². The van der Waals surface area contributed by atoms with E-state index in [0.717, 1.165) is 16.8 Å². The van der Waals surface area contributed by atoms with Crippen LogP contribution in [0.3, 0.4) is 0 Å². The number of aromatic nitrogens is 1. The molecule has 1 heterocycles. The maximum Gasteiger partial charge on any atom is 0.270 e. The molecule has 0 atom stereocenters. The Kier molecular flexibility index (Phi) is 5.42. The molecule has 0 bridgehead atoms. The van der Waals surface area contributed by atoms with Gasteiger partial charge in [0.05, 0.1) is 10.6 Å². The Morgan fingerprint density at radius 2 is 2.04 bits per heavy atom. The standard InChI is InChI=1S/C20H17N3O3S/c1-13-6-8-17(14(2)10-13)18-12-27-20(21-18)22-19(24)9-7-15-4-3-5-16(11-15)23(25)26/h3-12H,1-2H3,(H,21,22,24)/b9-7+. The van der Waals surface area contributed by atoms with Gasteiger partial charge in [-0.2, -0.15) is 0 Å². The molecule has 0 saturated heterocycles. The number of nitro benzene ring substituents is 1. The van der Waals surface area contributed by atoms with E-state index >= 15 is 0 Å². The topological polar surface area (TPSA) is 85.1 Å². The average molecular weight is 379 g/mol. The third-order valence-corrected chi connectivity index (χ3v) is 4.66. The summed E-state index contributed by atoms with van der Waals surface area (Å²) in [4.78, 5) is 26.9. The molecule has 3 aromatic rings. The zero-order valence-electron chi connectivity index (χ0n) is 14.8. The van der Waals surface area contributed by atoms with Gasteiger partial charge in [-0.3, -0.25) is 20.2 Å². The molecule has 0 saturated carbocycles. The molecule has 0 fully saturated rings. The predicted octanol–water partition coefficient (Wildman–Crippen LogP) is 4.99. The lowest BCUT2D eigenvalue weighted by Gasteiger charge is -2.03. The van der Waals surface area contributed by atoms with E-state index in [4.69, 9.17) is 0 Å². The van der Waals surface area contributed by atoms with E-state index in [1.807, 2.05) is 31.4 Å². The molecule has 1 amide bonds. The van der Waals surface area contributed by atoms with Crippen LogP contribution in [0.1, 0.15) is 16.7 Å². The summed E-state index contributed by atoms with van der Waals surface area (Å²) >= 11 is 1.35. The monoisotopic (exact) mass is 379 g/mol. The van der Waals surface area contributed by atoms with Crippen molar-refractivity contribution in [2.75, 3.05) is 5.32 Å². The van der Waals surface area contributed by atoms with E-state index in [2.05, 4.69) is 16.4 Å². The average Bonchev–Trinajstić information content (AvgIpc) is 3.08. The molecule has 0 unspecified atom stereocenters. The number of carbonyl (C=O) groups excluding carboxylic acids is 1. The van der Waals surface area contributed by atoms with Crippen molar-refractivity contribution in [3.63, 3.8) is 0 Å². The summed E-state index contributed by atoms with van der Waals surface area (Å²) in [7, 11) is 0. The molecular formula is C20H17N3O3S. The summed E-state index contributed by atoms with van der Waals surface area (Å²) in [6.45, 7) is 4.07. The van der Waals surface area contributed by atoms with Crippen LogP contribution in [0.2, 0.25) is 0 Å².